The minimum Gasteiger partial charge on any atom is -0.354 e. The quantitative estimate of drug-likeness (QED) is 0.238. The third-order valence-electron chi connectivity index (χ3n) is 6.46. The minimum absolute atomic E-state index is 0.00614. The summed E-state index contributed by atoms with van der Waals surface area (Å²) in [4.78, 5) is 28.8. The number of benzene rings is 3. The van der Waals surface area contributed by atoms with E-state index in [1.54, 1.807) is 49.4 Å². The lowest BCUT2D eigenvalue weighted by atomic mass is 10.1. The highest BCUT2D eigenvalue weighted by Gasteiger charge is 2.35. The molecule has 0 radical (unpaired) electrons. The van der Waals surface area contributed by atoms with E-state index in [1.807, 2.05) is 20.8 Å². The van der Waals surface area contributed by atoms with E-state index in [9.17, 15) is 18.0 Å². The maximum atomic E-state index is 14.1. The van der Waals surface area contributed by atoms with Crippen LogP contribution in [0.5, 0.6) is 0 Å². The first-order valence-corrected chi connectivity index (χ1v) is 15.8. The van der Waals surface area contributed by atoms with Crippen molar-refractivity contribution in [3.05, 3.63) is 92.9 Å². The lowest BCUT2D eigenvalue weighted by Crippen LogP contribution is -2.52. The topological polar surface area (TPSA) is 86.8 Å². The van der Waals surface area contributed by atoms with Crippen LogP contribution in [0.15, 0.2) is 71.6 Å². The van der Waals surface area contributed by atoms with Crippen molar-refractivity contribution in [3.63, 3.8) is 0 Å². The number of aryl methyl sites for hydroxylation is 1. The van der Waals surface area contributed by atoms with Gasteiger partial charge >= 0.3 is 0 Å². The average molecular weight is 639 g/mol. The van der Waals surface area contributed by atoms with Crippen LogP contribution in [0.25, 0.3) is 0 Å². The second kappa shape index (κ2) is 14.4. The van der Waals surface area contributed by atoms with Crippen LogP contribution >= 0.6 is 34.8 Å². The van der Waals surface area contributed by atoms with Crippen molar-refractivity contribution in [2.75, 3.05) is 17.4 Å². The predicted molar refractivity (Wildman–Crippen MR) is 166 cm³/mol. The summed E-state index contributed by atoms with van der Waals surface area (Å²) in [5.41, 5.74) is 1.53. The minimum atomic E-state index is -4.28. The van der Waals surface area contributed by atoms with E-state index in [-0.39, 0.29) is 39.0 Å². The number of sulfonamides is 1. The standard InChI is InChI=1S/C30H34Cl3N3O4S/c1-5-26(30(38)34-17-20(2)3)35(18-22-9-6-7-10-24(22)31)28(37)19-36(27-12-8-11-25(32)29(27)33)41(39,40)23-15-13-21(4)14-16-23/h6-16,20,26H,5,17-19H2,1-4H3,(H,34,38)/t26-/m0/s1. The zero-order valence-electron chi connectivity index (χ0n) is 23.4. The summed E-state index contributed by atoms with van der Waals surface area (Å²) in [6, 6.07) is 17.0. The highest BCUT2D eigenvalue weighted by atomic mass is 35.5. The summed E-state index contributed by atoms with van der Waals surface area (Å²) in [6.45, 7) is 7.36. The molecule has 0 saturated carbocycles. The fraction of sp³-hybridized carbons (Fsp3) is 0.333. The molecule has 0 aliphatic rings. The smallest absolute Gasteiger partial charge is 0.264 e. The molecular formula is C30H34Cl3N3O4S. The normalized spacial score (nSPS) is 12.2. The van der Waals surface area contributed by atoms with Crippen LogP contribution in [0.3, 0.4) is 0 Å². The van der Waals surface area contributed by atoms with Gasteiger partial charge in [0.1, 0.15) is 12.6 Å². The van der Waals surface area contributed by atoms with E-state index in [2.05, 4.69) is 5.32 Å². The number of hydrogen-bond acceptors (Lipinski definition) is 4. The maximum Gasteiger partial charge on any atom is 0.264 e. The van der Waals surface area contributed by atoms with Crippen molar-refractivity contribution in [1.82, 2.24) is 10.2 Å². The zero-order valence-corrected chi connectivity index (χ0v) is 26.5. The van der Waals surface area contributed by atoms with Crippen LogP contribution in [-0.4, -0.2) is 44.3 Å². The fourth-order valence-corrected chi connectivity index (χ4v) is 6.26. The van der Waals surface area contributed by atoms with Crippen LogP contribution in [0.2, 0.25) is 15.1 Å². The first-order valence-electron chi connectivity index (χ1n) is 13.2. The third-order valence-corrected chi connectivity index (χ3v) is 9.41. The molecule has 1 N–H and O–H groups in total. The van der Waals surface area contributed by atoms with Crippen LogP contribution in [0, 0.1) is 12.8 Å². The summed E-state index contributed by atoms with van der Waals surface area (Å²) in [7, 11) is -4.28. The first kappa shape index (κ1) is 32.7. The van der Waals surface area contributed by atoms with Crippen LogP contribution in [-0.2, 0) is 26.2 Å². The highest BCUT2D eigenvalue weighted by molar-refractivity contribution is 7.92. The van der Waals surface area contributed by atoms with E-state index in [4.69, 9.17) is 34.8 Å². The second-order valence-electron chi connectivity index (χ2n) is 10.1. The molecule has 7 nitrogen and oxygen atoms in total. The van der Waals surface area contributed by atoms with Crippen molar-refractivity contribution in [2.24, 2.45) is 5.92 Å². The van der Waals surface area contributed by atoms with Gasteiger partial charge in [-0.1, -0.05) is 97.5 Å². The van der Waals surface area contributed by atoms with Crippen LogP contribution in [0.1, 0.15) is 38.3 Å². The monoisotopic (exact) mass is 637 g/mol. The number of nitrogens with one attached hydrogen (secondary N) is 1. The Morgan fingerprint density at radius 3 is 2.15 bits per heavy atom. The zero-order chi connectivity index (χ0) is 30.3. The Morgan fingerprint density at radius 2 is 1.54 bits per heavy atom. The molecule has 0 unspecified atom stereocenters. The van der Waals surface area contributed by atoms with Crippen LogP contribution < -0.4 is 9.62 Å². The van der Waals surface area contributed by atoms with Crippen molar-refractivity contribution < 1.29 is 18.0 Å². The van der Waals surface area contributed by atoms with Crippen LogP contribution in [0.4, 0.5) is 5.69 Å². The Balaban J connectivity index is 2.10. The number of nitrogens with zero attached hydrogens (tertiary/aromatic N) is 2. The van der Waals surface area contributed by atoms with E-state index in [1.165, 1.54) is 29.2 Å². The van der Waals surface area contributed by atoms with Gasteiger partial charge in [-0.2, -0.15) is 0 Å². The van der Waals surface area contributed by atoms with E-state index < -0.39 is 28.5 Å². The number of hydrogen-bond donors (Lipinski definition) is 1. The van der Waals surface area contributed by atoms with Gasteiger partial charge in [0.15, 0.2) is 0 Å². The van der Waals surface area contributed by atoms with E-state index in [0.29, 0.717) is 23.6 Å². The van der Waals surface area contributed by atoms with Gasteiger partial charge in [-0.25, -0.2) is 8.42 Å². The Bertz CT molecular complexity index is 1480. The molecule has 0 aliphatic carbocycles. The summed E-state index contributed by atoms with van der Waals surface area (Å²) < 4.78 is 28.9. The Kier molecular flexibility index (Phi) is 11.5. The number of carbonyl (C=O) groups is 2. The molecule has 0 fully saturated rings. The van der Waals surface area contributed by atoms with Gasteiger partial charge in [0, 0.05) is 18.1 Å². The molecule has 0 aliphatic heterocycles. The van der Waals surface area contributed by atoms with Crippen molar-refractivity contribution in [3.8, 4) is 0 Å². The molecule has 3 aromatic carbocycles. The predicted octanol–water partition coefficient (Wildman–Crippen LogP) is 6.73. The van der Waals surface area contributed by atoms with Gasteiger partial charge in [0.2, 0.25) is 11.8 Å². The van der Waals surface area contributed by atoms with Crippen molar-refractivity contribution in [1.29, 1.82) is 0 Å². The lowest BCUT2D eigenvalue weighted by Gasteiger charge is -2.33. The molecule has 0 heterocycles. The largest absolute Gasteiger partial charge is 0.354 e. The number of anilines is 1. The fourth-order valence-electron chi connectivity index (χ4n) is 4.19. The molecule has 41 heavy (non-hydrogen) atoms. The summed E-state index contributed by atoms with van der Waals surface area (Å²) in [5, 5.41) is 3.43. The molecule has 11 heteroatoms. The lowest BCUT2D eigenvalue weighted by molar-refractivity contribution is -0.140. The van der Waals surface area contributed by atoms with E-state index >= 15 is 0 Å². The molecule has 0 spiro atoms. The summed E-state index contributed by atoms with van der Waals surface area (Å²) >= 11 is 19.2. The molecule has 0 aromatic heterocycles. The van der Waals surface area contributed by atoms with Crippen molar-refractivity contribution >= 4 is 62.3 Å². The molecule has 1 atom stereocenters. The van der Waals surface area contributed by atoms with Gasteiger partial charge < -0.3 is 10.2 Å². The maximum absolute atomic E-state index is 14.1. The molecule has 220 valence electrons. The Hall–Kier alpha value is -2.78. The first-order chi connectivity index (χ1) is 19.4. The Morgan fingerprint density at radius 1 is 0.902 bits per heavy atom. The molecule has 0 saturated heterocycles. The van der Waals surface area contributed by atoms with Gasteiger partial charge in [0.25, 0.3) is 10.0 Å². The number of amides is 2. The summed E-state index contributed by atoms with van der Waals surface area (Å²) in [5.74, 6) is -0.747. The SMILES string of the molecule is CC[C@@H](C(=O)NCC(C)C)N(Cc1ccccc1Cl)C(=O)CN(c1cccc(Cl)c1Cl)S(=O)(=O)c1ccc(C)cc1. The number of halogens is 3. The van der Waals surface area contributed by atoms with Gasteiger partial charge in [-0.05, 0) is 55.2 Å². The molecular weight excluding hydrogens is 605 g/mol. The van der Waals surface area contributed by atoms with Crippen molar-refractivity contribution in [2.45, 2.75) is 51.6 Å². The third kappa shape index (κ3) is 8.16. The molecule has 3 rings (SSSR count). The Labute approximate surface area is 257 Å². The molecule has 0 bridgehead atoms. The average Bonchev–Trinajstić information content (AvgIpc) is 2.93. The summed E-state index contributed by atoms with van der Waals surface area (Å²) in [6.07, 6.45) is 0.294. The second-order valence-corrected chi connectivity index (χ2v) is 13.1. The molecule has 3 aromatic rings. The number of rotatable bonds is 12. The van der Waals surface area contributed by atoms with Gasteiger partial charge in [-0.3, -0.25) is 13.9 Å². The van der Waals surface area contributed by atoms with Gasteiger partial charge in [0.05, 0.1) is 20.6 Å². The highest BCUT2D eigenvalue weighted by Crippen LogP contribution is 2.35. The molecule has 2 amide bonds. The number of carbonyl (C=O) groups excluding carboxylic acids is 2. The van der Waals surface area contributed by atoms with Gasteiger partial charge in [-0.15, -0.1) is 0 Å². The van der Waals surface area contributed by atoms with E-state index in [0.717, 1.165) is 9.87 Å².